The van der Waals surface area contributed by atoms with Crippen LogP contribution in [0.1, 0.15) is 16.8 Å². The Balaban J connectivity index is 1.64. The first-order chi connectivity index (χ1) is 15.4. The highest BCUT2D eigenvalue weighted by atomic mass is 28.3. The Bertz CT molecular complexity index is 1170. The Labute approximate surface area is 190 Å². The van der Waals surface area contributed by atoms with Crippen LogP contribution in [0.3, 0.4) is 0 Å². The first kappa shape index (κ1) is 22.1. The van der Waals surface area contributed by atoms with E-state index in [1.165, 1.54) is 0 Å². The summed E-state index contributed by atoms with van der Waals surface area (Å²) in [6, 6.07) is 23.7. The molecule has 0 aliphatic rings. The van der Waals surface area contributed by atoms with Gasteiger partial charge in [0.15, 0.2) is 5.65 Å². The molecule has 0 atom stereocenters. The van der Waals surface area contributed by atoms with E-state index in [0.717, 1.165) is 51.9 Å². The zero-order valence-electron chi connectivity index (χ0n) is 19.2. The average molecular weight is 443 g/mol. The lowest BCUT2D eigenvalue weighted by Gasteiger charge is -2.15. The molecule has 0 unspecified atom stereocenters. The lowest BCUT2D eigenvalue weighted by molar-refractivity contribution is 0.0811. The number of benzene rings is 2. The molecule has 2 aromatic heterocycles. The lowest BCUT2D eigenvalue weighted by Crippen LogP contribution is -2.22. The zero-order chi connectivity index (χ0) is 22.6. The maximum absolute atomic E-state index is 5.90. The molecule has 0 bridgehead atoms. The maximum atomic E-state index is 5.90. The number of nitrogens with zero attached hydrogens (tertiary/aromatic N) is 4. The number of hydrogen-bond donors (Lipinski definition) is 0. The summed E-state index contributed by atoms with van der Waals surface area (Å²) in [5.74, 6) is 0. The summed E-state index contributed by atoms with van der Waals surface area (Å²) < 4.78 is 7.74. The molecule has 0 aliphatic carbocycles. The standard InChI is InChI=1S/C26H30N4OSi/c1-20-24-17-23(18-27-26(24)30(29-20)19-31-15-16-32(2,3)4)28-25(21-11-7-5-8-12-21)22-13-9-6-10-14-22/h5-14,17-18H,15-16,19H2,1-4H3. The van der Waals surface area contributed by atoms with Gasteiger partial charge in [0.05, 0.1) is 23.3 Å². The molecule has 2 aromatic carbocycles. The first-order valence-electron chi connectivity index (χ1n) is 11.0. The Morgan fingerprint density at radius 2 is 1.59 bits per heavy atom. The molecule has 2 heterocycles. The highest BCUT2D eigenvalue weighted by Crippen LogP contribution is 2.24. The Morgan fingerprint density at radius 3 is 2.19 bits per heavy atom. The van der Waals surface area contributed by atoms with Crippen molar-refractivity contribution in [1.29, 1.82) is 0 Å². The van der Waals surface area contributed by atoms with Crippen LogP contribution in [0.5, 0.6) is 0 Å². The fourth-order valence-corrected chi connectivity index (χ4v) is 4.25. The molecular formula is C26H30N4OSi. The van der Waals surface area contributed by atoms with Crippen LogP contribution in [0.4, 0.5) is 5.69 Å². The molecular weight excluding hydrogens is 412 g/mol. The lowest BCUT2D eigenvalue weighted by atomic mass is 10.0. The van der Waals surface area contributed by atoms with Crippen LogP contribution in [0.2, 0.25) is 25.7 Å². The molecule has 4 rings (SSSR count). The van der Waals surface area contributed by atoms with Crippen LogP contribution in [0, 0.1) is 6.92 Å². The van der Waals surface area contributed by atoms with E-state index in [9.17, 15) is 0 Å². The van der Waals surface area contributed by atoms with Crippen molar-refractivity contribution in [1.82, 2.24) is 14.8 Å². The number of ether oxygens (including phenoxy) is 1. The Hall–Kier alpha value is -3.09. The van der Waals surface area contributed by atoms with E-state index in [1.807, 2.05) is 54.2 Å². The van der Waals surface area contributed by atoms with Crippen LogP contribution in [0.15, 0.2) is 77.9 Å². The zero-order valence-corrected chi connectivity index (χ0v) is 20.2. The monoisotopic (exact) mass is 442 g/mol. The third kappa shape index (κ3) is 5.39. The smallest absolute Gasteiger partial charge is 0.160 e. The van der Waals surface area contributed by atoms with Gasteiger partial charge in [-0.15, -0.1) is 0 Å². The molecule has 4 aromatic rings. The molecule has 32 heavy (non-hydrogen) atoms. The highest BCUT2D eigenvalue weighted by Gasteiger charge is 2.14. The number of pyridine rings is 1. The molecule has 0 saturated heterocycles. The number of hydrogen-bond acceptors (Lipinski definition) is 4. The topological polar surface area (TPSA) is 52.3 Å². The summed E-state index contributed by atoms with van der Waals surface area (Å²) in [6.07, 6.45) is 1.81. The summed E-state index contributed by atoms with van der Waals surface area (Å²) in [7, 11) is -1.11. The van der Waals surface area contributed by atoms with Gasteiger partial charge in [-0.1, -0.05) is 80.3 Å². The largest absolute Gasteiger partial charge is 0.359 e. The SMILES string of the molecule is Cc1nn(COCC[Si](C)(C)C)c2ncc(N=C(c3ccccc3)c3ccccc3)cc12. The first-order valence-corrected chi connectivity index (χ1v) is 14.7. The van der Waals surface area contributed by atoms with E-state index in [-0.39, 0.29) is 0 Å². The minimum atomic E-state index is -1.11. The van der Waals surface area contributed by atoms with Crippen molar-refractivity contribution >= 4 is 30.5 Å². The maximum Gasteiger partial charge on any atom is 0.160 e. The van der Waals surface area contributed by atoms with Crippen molar-refractivity contribution in [2.24, 2.45) is 4.99 Å². The van der Waals surface area contributed by atoms with Crippen LogP contribution < -0.4 is 0 Å². The van der Waals surface area contributed by atoms with Crippen LogP contribution in [0.25, 0.3) is 11.0 Å². The number of fused-ring (bicyclic) bond motifs is 1. The molecule has 0 radical (unpaired) electrons. The third-order valence-corrected chi connectivity index (χ3v) is 7.01. The van der Waals surface area contributed by atoms with Gasteiger partial charge in [0.25, 0.3) is 0 Å². The third-order valence-electron chi connectivity index (χ3n) is 5.30. The predicted molar refractivity (Wildman–Crippen MR) is 135 cm³/mol. The van der Waals surface area contributed by atoms with Gasteiger partial charge in [-0.2, -0.15) is 5.10 Å². The molecule has 6 heteroatoms. The molecule has 0 aliphatic heterocycles. The highest BCUT2D eigenvalue weighted by molar-refractivity contribution is 6.76. The average Bonchev–Trinajstić information content (AvgIpc) is 3.10. The van der Waals surface area contributed by atoms with Crippen molar-refractivity contribution in [2.75, 3.05) is 6.61 Å². The van der Waals surface area contributed by atoms with Gasteiger partial charge in [-0.3, -0.25) is 0 Å². The van der Waals surface area contributed by atoms with Crippen LogP contribution >= 0.6 is 0 Å². The Morgan fingerprint density at radius 1 is 0.969 bits per heavy atom. The number of rotatable bonds is 8. The van der Waals surface area contributed by atoms with Crippen LogP contribution in [-0.4, -0.2) is 35.2 Å². The van der Waals surface area contributed by atoms with Gasteiger partial charge in [0, 0.05) is 31.2 Å². The fraction of sp³-hybridized carbons (Fsp3) is 0.269. The molecule has 164 valence electrons. The number of aromatic nitrogens is 3. The molecule has 0 saturated carbocycles. The van der Waals surface area contributed by atoms with E-state index in [1.54, 1.807) is 0 Å². The normalized spacial score (nSPS) is 11.6. The van der Waals surface area contributed by atoms with Gasteiger partial charge in [-0.05, 0) is 19.0 Å². The van der Waals surface area contributed by atoms with E-state index in [0.29, 0.717) is 6.73 Å². The second-order valence-electron chi connectivity index (χ2n) is 9.19. The van der Waals surface area contributed by atoms with Gasteiger partial charge >= 0.3 is 0 Å². The summed E-state index contributed by atoms with van der Waals surface area (Å²) in [5.41, 5.74) is 5.63. The second-order valence-corrected chi connectivity index (χ2v) is 14.8. The minimum absolute atomic E-state index is 0.420. The van der Waals surface area contributed by atoms with Gasteiger partial charge in [0.1, 0.15) is 6.73 Å². The second kappa shape index (κ2) is 9.59. The van der Waals surface area contributed by atoms with Crippen LogP contribution in [-0.2, 0) is 11.5 Å². The molecule has 5 nitrogen and oxygen atoms in total. The minimum Gasteiger partial charge on any atom is -0.359 e. The van der Waals surface area contributed by atoms with E-state index >= 15 is 0 Å². The van der Waals surface area contributed by atoms with Gasteiger partial charge in [-0.25, -0.2) is 14.7 Å². The predicted octanol–water partition coefficient (Wildman–Crippen LogP) is 6.22. The summed E-state index contributed by atoms with van der Waals surface area (Å²) in [6.45, 7) is 10.2. The molecule has 0 spiro atoms. The van der Waals surface area contributed by atoms with Crippen molar-refractivity contribution in [2.45, 2.75) is 39.3 Å². The summed E-state index contributed by atoms with van der Waals surface area (Å²) in [5, 5.41) is 5.65. The van der Waals surface area contributed by atoms with E-state index in [2.05, 4.69) is 55.1 Å². The quantitative estimate of drug-likeness (QED) is 0.185. The van der Waals surface area contributed by atoms with Crippen molar-refractivity contribution in [3.8, 4) is 0 Å². The van der Waals surface area contributed by atoms with E-state index in [4.69, 9.17) is 14.7 Å². The van der Waals surface area contributed by atoms with Gasteiger partial charge < -0.3 is 4.74 Å². The van der Waals surface area contributed by atoms with E-state index < -0.39 is 8.07 Å². The number of aliphatic imine (C=N–C) groups is 1. The molecule has 0 fully saturated rings. The van der Waals surface area contributed by atoms with Crippen molar-refractivity contribution < 1.29 is 4.74 Å². The fourth-order valence-electron chi connectivity index (χ4n) is 3.50. The van der Waals surface area contributed by atoms with Crippen molar-refractivity contribution in [3.05, 3.63) is 89.7 Å². The summed E-state index contributed by atoms with van der Waals surface area (Å²) >= 11 is 0. The van der Waals surface area contributed by atoms with Crippen molar-refractivity contribution in [3.63, 3.8) is 0 Å². The van der Waals surface area contributed by atoms with Gasteiger partial charge in [0.2, 0.25) is 0 Å². The molecule has 0 N–H and O–H groups in total. The summed E-state index contributed by atoms with van der Waals surface area (Å²) in [4.78, 5) is 9.68. The molecule has 0 amide bonds. The number of aryl methyl sites for hydroxylation is 1. The Kier molecular flexibility index (Phi) is 6.63.